The fraction of sp³-hybridized carbons (Fsp3) is 0.619. The highest BCUT2D eigenvalue weighted by molar-refractivity contribution is 5.73. The van der Waals surface area contributed by atoms with Crippen LogP contribution in [0.3, 0.4) is 0 Å². The number of carbonyl (C=O) groups is 2. The molecule has 1 saturated heterocycles. The molecule has 0 aromatic carbocycles. The van der Waals surface area contributed by atoms with Gasteiger partial charge in [-0.05, 0) is 52.8 Å². The molecule has 214 valence electrons. The average Bonchev–Trinajstić information content (AvgIpc) is 3.18. The van der Waals surface area contributed by atoms with Gasteiger partial charge in [0.1, 0.15) is 0 Å². The van der Waals surface area contributed by atoms with Crippen LogP contribution in [-0.4, -0.2) is 91.6 Å². The van der Waals surface area contributed by atoms with Gasteiger partial charge in [-0.25, -0.2) is 19.6 Å². The SMILES string of the molecule is Cc1cc(C)nc(N2CCCC(Cn3cc(CN(C)C)nn3)C2)n1.O=C(O)C(F)(F)F.O=C(O)C(F)(F)F. The van der Waals surface area contributed by atoms with E-state index < -0.39 is 24.3 Å². The first kappa shape index (κ1) is 32.5. The topological polar surface area (TPSA) is 138 Å². The van der Waals surface area contributed by atoms with Gasteiger partial charge in [-0.2, -0.15) is 26.3 Å². The van der Waals surface area contributed by atoms with Crippen molar-refractivity contribution in [2.45, 2.75) is 52.1 Å². The van der Waals surface area contributed by atoms with Gasteiger partial charge in [0, 0.05) is 43.8 Å². The third-order valence-electron chi connectivity index (χ3n) is 4.77. The number of carboxylic acids is 2. The van der Waals surface area contributed by atoms with Crippen molar-refractivity contribution in [2.75, 3.05) is 32.1 Å². The maximum absolute atomic E-state index is 10.6. The minimum atomic E-state index is -5.08. The van der Waals surface area contributed by atoms with Gasteiger partial charge < -0.3 is 20.0 Å². The summed E-state index contributed by atoms with van der Waals surface area (Å²) in [5.74, 6) is -4.10. The highest BCUT2D eigenvalue weighted by Crippen LogP contribution is 2.22. The molecule has 38 heavy (non-hydrogen) atoms. The molecule has 0 radical (unpaired) electrons. The molecule has 1 aliphatic rings. The Hall–Kier alpha value is -3.50. The molecule has 3 heterocycles. The molecule has 1 atom stereocenters. The van der Waals surface area contributed by atoms with Crippen LogP contribution in [0, 0.1) is 19.8 Å². The molecule has 2 N–H and O–H groups in total. The summed E-state index contributed by atoms with van der Waals surface area (Å²) in [5, 5.41) is 22.8. The Labute approximate surface area is 214 Å². The summed E-state index contributed by atoms with van der Waals surface area (Å²) in [5.41, 5.74) is 3.08. The molecule has 0 amide bonds. The summed E-state index contributed by atoms with van der Waals surface area (Å²) in [6.07, 6.45) is -5.73. The van der Waals surface area contributed by atoms with Gasteiger partial charge in [0.2, 0.25) is 5.95 Å². The van der Waals surface area contributed by atoms with Crippen molar-refractivity contribution in [1.29, 1.82) is 0 Å². The van der Waals surface area contributed by atoms with E-state index in [0.29, 0.717) is 5.92 Å². The quantitative estimate of drug-likeness (QED) is 0.528. The third kappa shape index (κ3) is 12.2. The first-order valence-corrected chi connectivity index (χ1v) is 11.1. The second-order valence-electron chi connectivity index (χ2n) is 8.68. The summed E-state index contributed by atoms with van der Waals surface area (Å²) in [6.45, 7) is 7.80. The van der Waals surface area contributed by atoms with Crippen molar-refractivity contribution >= 4 is 17.9 Å². The predicted octanol–water partition coefficient (Wildman–Crippen LogP) is 2.93. The van der Waals surface area contributed by atoms with Crippen LogP contribution in [0.15, 0.2) is 12.3 Å². The number of carboxylic acid groups (broad SMARTS) is 2. The third-order valence-corrected chi connectivity index (χ3v) is 4.77. The Balaban J connectivity index is 0.000000426. The van der Waals surface area contributed by atoms with E-state index in [2.05, 4.69) is 36.3 Å². The molecular weight excluding hydrogens is 528 g/mol. The summed E-state index contributed by atoms with van der Waals surface area (Å²) in [7, 11) is 4.09. The highest BCUT2D eigenvalue weighted by atomic mass is 19.4. The lowest BCUT2D eigenvalue weighted by molar-refractivity contribution is -0.193. The number of aromatic nitrogens is 5. The zero-order valence-electron chi connectivity index (χ0n) is 21.1. The standard InChI is InChI=1S/C17H27N7.2C2HF3O2/c1-13-8-14(2)19-17(18-13)23-7-5-6-15(9-23)10-24-12-16(20-21-24)11-22(3)4;2*3-2(4,5)1(6)7/h8,12,15H,5-7,9-11H2,1-4H3;2*(H,6,7). The maximum atomic E-state index is 10.6. The van der Waals surface area contributed by atoms with Gasteiger partial charge in [-0.3, -0.25) is 4.68 Å². The lowest BCUT2D eigenvalue weighted by atomic mass is 9.98. The Bertz CT molecular complexity index is 1020. The van der Waals surface area contributed by atoms with Crippen LogP contribution in [0.5, 0.6) is 0 Å². The molecule has 2 aromatic heterocycles. The lowest BCUT2D eigenvalue weighted by Crippen LogP contribution is -2.38. The van der Waals surface area contributed by atoms with Crippen LogP contribution in [0.4, 0.5) is 32.3 Å². The van der Waals surface area contributed by atoms with Crippen LogP contribution in [0.2, 0.25) is 0 Å². The van der Waals surface area contributed by atoms with Crippen LogP contribution < -0.4 is 4.90 Å². The summed E-state index contributed by atoms with van der Waals surface area (Å²) in [4.78, 5) is 31.4. The molecule has 17 heteroatoms. The zero-order chi connectivity index (χ0) is 29.3. The Morgan fingerprint density at radius 3 is 1.97 bits per heavy atom. The molecule has 1 fully saturated rings. The summed E-state index contributed by atoms with van der Waals surface area (Å²) in [6, 6.07) is 2.02. The fourth-order valence-electron chi connectivity index (χ4n) is 3.33. The van der Waals surface area contributed by atoms with Gasteiger partial charge in [-0.15, -0.1) is 5.10 Å². The van der Waals surface area contributed by atoms with E-state index in [0.717, 1.165) is 49.2 Å². The second kappa shape index (κ2) is 13.9. The van der Waals surface area contributed by atoms with Gasteiger partial charge >= 0.3 is 24.3 Å². The van der Waals surface area contributed by atoms with Crippen molar-refractivity contribution in [2.24, 2.45) is 5.92 Å². The minimum Gasteiger partial charge on any atom is -0.475 e. The van der Waals surface area contributed by atoms with Crippen LogP contribution >= 0.6 is 0 Å². The van der Waals surface area contributed by atoms with E-state index in [-0.39, 0.29) is 0 Å². The first-order valence-electron chi connectivity index (χ1n) is 11.1. The summed E-state index contributed by atoms with van der Waals surface area (Å²) < 4.78 is 65.5. The van der Waals surface area contributed by atoms with Gasteiger partial charge in [-0.1, -0.05) is 5.21 Å². The monoisotopic (exact) mass is 557 g/mol. The minimum absolute atomic E-state index is 0.553. The van der Waals surface area contributed by atoms with Crippen LogP contribution in [0.1, 0.15) is 29.9 Å². The first-order chi connectivity index (χ1) is 17.4. The smallest absolute Gasteiger partial charge is 0.475 e. The van der Waals surface area contributed by atoms with Gasteiger partial charge in [0.05, 0.1) is 5.69 Å². The molecule has 1 aliphatic heterocycles. The molecule has 3 rings (SSSR count). The Morgan fingerprint density at radius 1 is 1.03 bits per heavy atom. The van der Waals surface area contributed by atoms with Crippen molar-refractivity contribution in [3.63, 3.8) is 0 Å². The number of nitrogens with zero attached hydrogens (tertiary/aromatic N) is 7. The predicted molar refractivity (Wildman–Crippen MR) is 121 cm³/mol. The highest BCUT2D eigenvalue weighted by Gasteiger charge is 2.38. The number of piperidine rings is 1. The Morgan fingerprint density at radius 2 is 1.53 bits per heavy atom. The largest absolute Gasteiger partial charge is 0.490 e. The lowest BCUT2D eigenvalue weighted by Gasteiger charge is -2.32. The summed E-state index contributed by atoms with van der Waals surface area (Å²) >= 11 is 0. The van der Waals surface area contributed by atoms with Crippen molar-refractivity contribution < 1.29 is 46.1 Å². The van der Waals surface area contributed by atoms with Crippen LogP contribution in [0.25, 0.3) is 0 Å². The van der Waals surface area contributed by atoms with Crippen molar-refractivity contribution in [3.8, 4) is 0 Å². The van der Waals surface area contributed by atoms with E-state index in [1.807, 2.05) is 38.7 Å². The van der Waals surface area contributed by atoms with E-state index in [4.69, 9.17) is 19.8 Å². The van der Waals surface area contributed by atoms with E-state index in [1.165, 1.54) is 12.8 Å². The zero-order valence-corrected chi connectivity index (χ0v) is 21.1. The van der Waals surface area contributed by atoms with Gasteiger partial charge in [0.15, 0.2) is 0 Å². The molecule has 1 unspecified atom stereocenters. The number of alkyl halides is 6. The molecular formula is C21H29F6N7O4. The van der Waals surface area contributed by atoms with Gasteiger partial charge in [0.25, 0.3) is 0 Å². The number of hydrogen-bond acceptors (Lipinski definition) is 8. The number of hydrogen-bond donors (Lipinski definition) is 2. The van der Waals surface area contributed by atoms with E-state index >= 15 is 0 Å². The molecule has 0 aliphatic carbocycles. The van der Waals surface area contributed by atoms with Crippen molar-refractivity contribution in [1.82, 2.24) is 29.9 Å². The normalized spacial score (nSPS) is 15.8. The van der Waals surface area contributed by atoms with Crippen LogP contribution in [-0.2, 0) is 22.7 Å². The fourth-order valence-corrected chi connectivity index (χ4v) is 3.33. The molecule has 2 aromatic rings. The van der Waals surface area contributed by atoms with E-state index in [1.54, 1.807) is 0 Å². The number of halogens is 6. The number of rotatable bonds is 5. The molecule has 0 bridgehead atoms. The average molecular weight is 557 g/mol. The molecule has 0 spiro atoms. The number of aliphatic carboxylic acids is 2. The second-order valence-corrected chi connectivity index (χ2v) is 8.68. The molecule has 11 nitrogen and oxygen atoms in total. The number of aryl methyl sites for hydroxylation is 2. The van der Waals surface area contributed by atoms with Crippen molar-refractivity contribution in [3.05, 3.63) is 29.3 Å². The number of anilines is 1. The molecule has 0 saturated carbocycles. The maximum Gasteiger partial charge on any atom is 0.490 e. The Kier molecular flexibility index (Phi) is 11.9. The van der Waals surface area contributed by atoms with E-state index in [9.17, 15) is 26.3 Å².